The molecule has 1 aromatic rings. The molecule has 0 atom stereocenters. The van der Waals surface area contributed by atoms with Crippen molar-refractivity contribution >= 4 is 0 Å². The number of piperidine rings is 1. The Balaban J connectivity index is 2.16. The van der Waals surface area contributed by atoms with Crippen LogP contribution in [-0.4, -0.2) is 23.8 Å². The molecule has 88 valence electrons. The SMILES string of the molecule is Cc1cccc(CC2(O)CCNCC2)c1F. The summed E-state index contributed by atoms with van der Waals surface area (Å²) < 4.78 is 13.8. The van der Waals surface area contributed by atoms with E-state index in [1.165, 1.54) is 0 Å². The minimum absolute atomic E-state index is 0.172. The molecular weight excluding hydrogens is 205 g/mol. The molecule has 0 saturated carbocycles. The summed E-state index contributed by atoms with van der Waals surface area (Å²) >= 11 is 0. The first-order valence-corrected chi connectivity index (χ1v) is 5.78. The molecule has 1 fully saturated rings. The molecule has 3 heteroatoms. The fourth-order valence-corrected chi connectivity index (χ4v) is 2.27. The van der Waals surface area contributed by atoms with Crippen molar-refractivity contribution in [3.63, 3.8) is 0 Å². The van der Waals surface area contributed by atoms with Gasteiger partial charge < -0.3 is 10.4 Å². The van der Waals surface area contributed by atoms with E-state index >= 15 is 0 Å². The Morgan fingerprint density at radius 1 is 1.38 bits per heavy atom. The molecular formula is C13H18FNO. The molecule has 16 heavy (non-hydrogen) atoms. The average molecular weight is 223 g/mol. The summed E-state index contributed by atoms with van der Waals surface area (Å²) in [4.78, 5) is 0. The molecule has 1 aliphatic heterocycles. The van der Waals surface area contributed by atoms with Gasteiger partial charge in [0.1, 0.15) is 5.82 Å². The van der Waals surface area contributed by atoms with Crippen LogP contribution in [0.15, 0.2) is 18.2 Å². The van der Waals surface area contributed by atoms with Crippen LogP contribution in [0.1, 0.15) is 24.0 Å². The van der Waals surface area contributed by atoms with Crippen molar-refractivity contribution in [1.82, 2.24) is 5.32 Å². The van der Waals surface area contributed by atoms with Crippen LogP contribution in [0.4, 0.5) is 4.39 Å². The number of aliphatic hydroxyl groups is 1. The molecule has 0 aromatic heterocycles. The topological polar surface area (TPSA) is 32.3 Å². The van der Waals surface area contributed by atoms with E-state index in [0.29, 0.717) is 30.4 Å². The zero-order chi connectivity index (χ0) is 11.6. The summed E-state index contributed by atoms with van der Waals surface area (Å²) in [5.41, 5.74) is 0.541. The van der Waals surface area contributed by atoms with E-state index in [4.69, 9.17) is 0 Å². The summed E-state index contributed by atoms with van der Waals surface area (Å²) in [5.74, 6) is -0.172. The third kappa shape index (κ3) is 2.42. The second kappa shape index (κ2) is 4.52. The highest BCUT2D eigenvalue weighted by Gasteiger charge is 2.30. The van der Waals surface area contributed by atoms with Crippen molar-refractivity contribution < 1.29 is 9.50 Å². The highest BCUT2D eigenvalue weighted by atomic mass is 19.1. The molecule has 2 N–H and O–H groups in total. The van der Waals surface area contributed by atoms with E-state index in [1.807, 2.05) is 6.07 Å². The Kier molecular flexibility index (Phi) is 3.26. The van der Waals surface area contributed by atoms with Gasteiger partial charge in [0.25, 0.3) is 0 Å². The highest BCUT2D eigenvalue weighted by molar-refractivity contribution is 5.26. The third-order valence-corrected chi connectivity index (χ3v) is 3.33. The van der Waals surface area contributed by atoms with Gasteiger partial charge in [0.05, 0.1) is 5.60 Å². The molecule has 1 heterocycles. The lowest BCUT2D eigenvalue weighted by molar-refractivity contribution is 0.0101. The average Bonchev–Trinajstić information content (AvgIpc) is 2.26. The van der Waals surface area contributed by atoms with Crippen molar-refractivity contribution in [2.45, 2.75) is 31.8 Å². The van der Waals surface area contributed by atoms with E-state index in [2.05, 4.69) is 5.32 Å². The Hall–Kier alpha value is -0.930. The Morgan fingerprint density at radius 2 is 2.06 bits per heavy atom. The van der Waals surface area contributed by atoms with Crippen LogP contribution in [-0.2, 0) is 6.42 Å². The maximum absolute atomic E-state index is 13.8. The van der Waals surface area contributed by atoms with Gasteiger partial charge in [-0.25, -0.2) is 4.39 Å². The Labute approximate surface area is 95.5 Å². The van der Waals surface area contributed by atoms with Gasteiger partial charge in [0.15, 0.2) is 0 Å². The smallest absolute Gasteiger partial charge is 0.129 e. The molecule has 0 aliphatic carbocycles. The lowest BCUT2D eigenvalue weighted by atomic mass is 9.85. The Morgan fingerprint density at radius 3 is 2.75 bits per heavy atom. The van der Waals surface area contributed by atoms with Gasteiger partial charge in [-0.05, 0) is 44.0 Å². The molecule has 0 amide bonds. The molecule has 2 nitrogen and oxygen atoms in total. The predicted molar refractivity (Wildman–Crippen MR) is 61.9 cm³/mol. The zero-order valence-electron chi connectivity index (χ0n) is 9.59. The quantitative estimate of drug-likeness (QED) is 0.801. The van der Waals surface area contributed by atoms with Crippen molar-refractivity contribution in [3.8, 4) is 0 Å². The number of aryl methyl sites for hydroxylation is 1. The lowest BCUT2D eigenvalue weighted by Crippen LogP contribution is -2.43. The van der Waals surface area contributed by atoms with Crippen molar-refractivity contribution in [2.75, 3.05) is 13.1 Å². The van der Waals surface area contributed by atoms with Crippen LogP contribution in [0, 0.1) is 12.7 Å². The van der Waals surface area contributed by atoms with Gasteiger partial charge in [-0.3, -0.25) is 0 Å². The van der Waals surface area contributed by atoms with Crippen LogP contribution < -0.4 is 5.32 Å². The van der Waals surface area contributed by atoms with Gasteiger partial charge in [0, 0.05) is 6.42 Å². The van der Waals surface area contributed by atoms with Crippen LogP contribution >= 0.6 is 0 Å². The zero-order valence-corrected chi connectivity index (χ0v) is 9.59. The van der Waals surface area contributed by atoms with E-state index in [0.717, 1.165) is 13.1 Å². The van der Waals surface area contributed by atoms with Gasteiger partial charge in [-0.1, -0.05) is 18.2 Å². The third-order valence-electron chi connectivity index (χ3n) is 3.33. The second-order valence-corrected chi connectivity index (χ2v) is 4.70. The summed E-state index contributed by atoms with van der Waals surface area (Å²) in [6.45, 7) is 3.37. The predicted octanol–water partition coefficient (Wildman–Crippen LogP) is 1.79. The molecule has 0 radical (unpaired) electrons. The van der Waals surface area contributed by atoms with Crippen LogP contribution in [0.2, 0.25) is 0 Å². The van der Waals surface area contributed by atoms with E-state index in [1.54, 1.807) is 19.1 Å². The summed E-state index contributed by atoms with van der Waals surface area (Å²) in [5, 5.41) is 13.5. The highest BCUT2D eigenvalue weighted by Crippen LogP contribution is 2.25. The maximum atomic E-state index is 13.8. The van der Waals surface area contributed by atoms with Gasteiger partial charge >= 0.3 is 0 Å². The van der Waals surface area contributed by atoms with Crippen LogP contribution in [0.5, 0.6) is 0 Å². The largest absolute Gasteiger partial charge is 0.389 e. The number of hydrogen-bond donors (Lipinski definition) is 2. The first-order valence-electron chi connectivity index (χ1n) is 5.78. The number of benzene rings is 1. The van der Waals surface area contributed by atoms with Crippen molar-refractivity contribution in [1.29, 1.82) is 0 Å². The lowest BCUT2D eigenvalue weighted by Gasteiger charge is -2.32. The summed E-state index contributed by atoms with van der Waals surface area (Å²) in [6.07, 6.45) is 1.81. The molecule has 2 rings (SSSR count). The number of halogens is 1. The van der Waals surface area contributed by atoms with E-state index in [-0.39, 0.29) is 5.82 Å². The van der Waals surface area contributed by atoms with Crippen LogP contribution in [0.3, 0.4) is 0 Å². The Bertz CT molecular complexity index is 372. The second-order valence-electron chi connectivity index (χ2n) is 4.70. The molecule has 1 aromatic carbocycles. The van der Waals surface area contributed by atoms with Gasteiger partial charge in [-0.15, -0.1) is 0 Å². The summed E-state index contributed by atoms with van der Waals surface area (Å²) in [6, 6.07) is 5.37. The molecule has 0 bridgehead atoms. The number of rotatable bonds is 2. The van der Waals surface area contributed by atoms with E-state index < -0.39 is 5.60 Å². The molecule has 1 saturated heterocycles. The van der Waals surface area contributed by atoms with Crippen molar-refractivity contribution in [2.24, 2.45) is 0 Å². The van der Waals surface area contributed by atoms with Gasteiger partial charge in [-0.2, -0.15) is 0 Å². The van der Waals surface area contributed by atoms with Crippen LogP contribution in [0.25, 0.3) is 0 Å². The maximum Gasteiger partial charge on any atom is 0.129 e. The first-order chi connectivity index (χ1) is 7.61. The molecule has 0 spiro atoms. The van der Waals surface area contributed by atoms with Gasteiger partial charge in [0.2, 0.25) is 0 Å². The summed E-state index contributed by atoms with van der Waals surface area (Å²) in [7, 11) is 0. The monoisotopic (exact) mass is 223 g/mol. The minimum atomic E-state index is -0.736. The number of hydrogen-bond acceptors (Lipinski definition) is 2. The fraction of sp³-hybridized carbons (Fsp3) is 0.538. The molecule has 1 aliphatic rings. The fourth-order valence-electron chi connectivity index (χ4n) is 2.27. The van der Waals surface area contributed by atoms with E-state index in [9.17, 15) is 9.50 Å². The van der Waals surface area contributed by atoms with Crippen molar-refractivity contribution in [3.05, 3.63) is 35.1 Å². The standard InChI is InChI=1S/C13H18FNO/c1-10-3-2-4-11(12(10)14)9-13(16)5-7-15-8-6-13/h2-4,15-16H,5-9H2,1H3. The number of nitrogens with one attached hydrogen (secondary N) is 1. The first kappa shape index (κ1) is 11.6. The normalized spacial score (nSPS) is 19.7. The molecule has 0 unspecified atom stereocenters. The minimum Gasteiger partial charge on any atom is -0.389 e.